The zero-order chi connectivity index (χ0) is 19.6. The Bertz CT molecular complexity index is 833. The number of allylic oxidation sites excluding steroid dienone is 1. The molecule has 6 heteroatoms. The van der Waals surface area contributed by atoms with E-state index in [-0.39, 0.29) is 17.3 Å². The third-order valence-corrected chi connectivity index (χ3v) is 5.98. The summed E-state index contributed by atoms with van der Waals surface area (Å²) in [7, 11) is 1.69. The second-order valence-corrected chi connectivity index (χ2v) is 7.88. The number of nitrogens with zero attached hydrogens (tertiary/aromatic N) is 3. The first-order valence-corrected chi connectivity index (χ1v) is 9.84. The number of rotatable bonds is 5. The van der Waals surface area contributed by atoms with Crippen LogP contribution < -0.4 is 11.2 Å². The number of pyridine rings is 1. The number of likely N-dealkylation sites (N-methyl/N-ethyl adjacent to an activating group) is 1. The van der Waals surface area contributed by atoms with Gasteiger partial charge >= 0.3 is 0 Å². The van der Waals surface area contributed by atoms with Gasteiger partial charge in [-0.1, -0.05) is 44.3 Å². The van der Waals surface area contributed by atoms with E-state index in [9.17, 15) is 9.59 Å². The minimum atomic E-state index is -0.881. The van der Waals surface area contributed by atoms with Gasteiger partial charge in [0.05, 0.1) is 6.54 Å². The minimum absolute atomic E-state index is 0.0129. The highest BCUT2D eigenvalue weighted by Gasteiger charge is 2.48. The normalized spacial score (nSPS) is 24.0. The zero-order valence-electron chi connectivity index (χ0n) is 16.6. The maximum atomic E-state index is 13.1. The molecule has 0 bridgehead atoms. The molecule has 1 aliphatic heterocycles. The van der Waals surface area contributed by atoms with Crippen molar-refractivity contribution >= 4 is 17.9 Å². The molecular formula is C21H30N4O2. The highest BCUT2D eigenvalue weighted by molar-refractivity contribution is 6.06. The Hall–Kier alpha value is -2.37. The lowest BCUT2D eigenvalue weighted by molar-refractivity contribution is -0.131. The number of hydrogen-bond acceptors (Lipinski definition) is 4. The van der Waals surface area contributed by atoms with E-state index in [0.29, 0.717) is 24.4 Å². The SMILES string of the molecule is C/C=C\c1c(C)n(CC2(CC3CCCCC3)N=C(N)N(C)C2=O)ccc1=O. The van der Waals surface area contributed by atoms with E-state index in [1.54, 1.807) is 19.3 Å². The summed E-state index contributed by atoms with van der Waals surface area (Å²) in [6.45, 7) is 4.21. The second kappa shape index (κ2) is 7.71. The van der Waals surface area contributed by atoms with Crippen molar-refractivity contribution in [2.75, 3.05) is 7.05 Å². The number of carbonyl (C=O) groups excluding carboxylic acids is 1. The fraction of sp³-hybridized carbons (Fsp3) is 0.571. The van der Waals surface area contributed by atoms with Gasteiger partial charge in [-0.3, -0.25) is 14.5 Å². The molecule has 1 aromatic heterocycles. The maximum absolute atomic E-state index is 13.1. The Morgan fingerprint density at radius 1 is 1.30 bits per heavy atom. The topological polar surface area (TPSA) is 80.7 Å². The summed E-state index contributed by atoms with van der Waals surface area (Å²) >= 11 is 0. The average molecular weight is 370 g/mol. The van der Waals surface area contributed by atoms with Crippen LogP contribution in [0.4, 0.5) is 0 Å². The number of guanidine groups is 1. The van der Waals surface area contributed by atoms with Crippen molar-refractivity contribution in [1.82, 2.24) is 9.47 Å². The van der Waals surface area contributed by atoms with E-state index >= 15 is 0 Å². The molecule has 6 nitrogen and oxygen atoms in total. The van der Waals surface area contributed by atoms with Gasteiger partial charge in [-0.05, 0) is 26.2 Å². The number of hydrogen-bond donors (Lipinski definition) is 1. The Balaban J connectivity index is 1.99. The van der Waals surface area contributed by atoms with Gasteiger partial charge in [-0.2, -0.15) is 0 Å². The molecule has 1 amide bonds. The lowest BCUT2D eigenvalue weighted by Gasteiger charge is -2.32. The summed E-state index contributed by atoms with van der Waals surface area (Å²) < 4.78 is 1.98. The summed E-state index contributed by atoms with van der Waals surface area (Å²) in [5, 5.41) is 0. The molecule has 1 aliphatic carbocycles. The highest BCUT2D eigenvalue weighted by Crippen LogP contribution is 2.36. The van der Waals surface area contributed by atoms with Crippen LogP contribution in [0, 0.1) is 12.8 Å². The molecule has 146 valence electrons. The molecule has 0 spiro atoms. The number of aliphatic imine (C=N–C) groups is 1. The molecule has 2 N–H and O–H groups in total. The molecule has 0 radical (unpaired) electrons. The second-order valence-electron chi connectivity index (χ2n) is 7.88. The molecule has 27 heavy (non-hydrogen) atoms. The number of aromatic nitrogens is 1. The van der Waals surface area contributed by atoms with Crippen LogP contribution in [0.2, 0.25) is 0 Å². The van der Waals surface area contributed by atoms with Crippen LogP contribution in [0.25, 0.3) is 6.08 Å². The van der Waals surface area contributed by atoms with Gasteiger partial charge < -0.3 is 10.3 Å². The highest BCUT2D eigenvalue weighted by atomic mass is 16.2. The van der Waals surface area contributed by atoms with Gasteiger partial charge in [0.15, 0.2) is 16.9 Å². The molecule has 2 aliphatic rings. The van der Waals surface area contributed by atoms with Crippen molar-refractivity contribution in [2.45, 2.75) is 64.5 Å². The van der Waals surface area contributed by atoms with E-state index < -0.39 is 5.54 Å². The van der Waals surface area contributed by atoms with Crippen LogP contribution >= 0.6 is 0 Å². The van der Waals surface area contributed by atoms with Gasteiger partial charge in [-0.15, -0.1) is 0 Å². The quantitative estimate of drug-likeness (QED) is 0.865. The van der Waals surface area contributed by atoms with Gasteiger partial charge in [0, 0.05) is 30.6 Å². The van der Waals surface area contributed by atoms with Crippen molar-refractivity contribution in [1.29, 1.82) is 0 Å². The molecule has 1 unspecified atom stereocenters. The van der Waals surface area contributed by atoms with Gasteiger partial charge in [0.1, 0.15) is 0 Å². The summed E-state index contributed by atoms with van der Waals surface area (Å²) in [6, 6.07) is 1.56. The van der Waals surface area contributed by atoms with E-state index in [1.807, 2.05) is 30.6 Å². The molecule has 1 fully saturated rings. The summed E-state index contributed by atoms with van der Waals surface area (Å²) in [5.41, 5.74) is 6.64. The van der Waals surface area contributed by atoms with Crippen LogP contribution in [-0.2, 0) is 11.3 Å². The zero-order valence-corrected chi connectivity index (χ0v) is 16.6. The lowest BCUT2D eigenvalue weighted by atomic mass is 9.79. The van der Waals surface area contributed by atoms with Gasteiger partial charge in [0.2, 0.25) is 0 Å². The predicted molar refractivity (Wildman–Crippen MR) is 108 cm³/mol. The van der Waals surface area contributed by atoms with E-state index in [4.69, 9.17) is 5.73 Å². The minimum Gasteiger partial charge on any atom is -0.369 e. The standard InChI is InChI=1S/C21H30N4O2/c1-4-8-17-15(2)25(12-11-18(17)26)14-21(13-16-9-6-5-7-10-16)19(27)24(3)20(22)23-21/h4,8,11-12,16H,5-7,9-10,13-14H2,1-3H3,(H2,22,23)/b8-4-. The van der Waals surface area contributed by atoms with Crippen LogP contribution in [0.1, 0.15) is 56.7 Å². The molecule has 1 aromatic rings. The number of carbonyl (C=O) groups is 1. The van der Waals surface area contributed by atoms with Crippen molar-refractivity contribution in [3.63, 3.8) is 0 Å². The molecule has 1 atom stereocenters. The Labute approximate surface area is 160 Å². The first kappa shape index (κ1) is 19.4. The fourth-order valence-corrected chi connectivity index (χ4v) is 4.44. The third-order valence-electron chi connectivity index (χ3n) is 5.98. The Morgan fingerprint density at radius 3 is 2.59 bits per heavy atom. The van der Waals surface area contributed by atoms with E-state index in [1.165, 1.54) is 24.2 Å². The molecule has 2 heterocycles. The largest absolute Gasteiger partial charge is 0.369 e. The van der Waals surface area contributed by atoms with Gasteiger partial charge in [0.25, 0.3) is 5.91 Å². The summed E-state index contributed by atoms with van der Waals surface area (Å²) in [6.07, 6.45) is 12.1. The first-order valence-electron chi connectivity index (χ1n) is 9.84. The average Bonchev–Trinajstić information content (AvgIpc) is 2.86. The van der Waals surface area contributed by atoms with Crippen LogP contribution in [0.3, 0.4) is 0 Å². The lowest BCUT2D eigenvalue weighted by Crippen LogP contribution is -2.46. The summed E-state index contributed by atoms with van der Waals surface area (Å²) in [4.78, 5) is 31.5. The van der Waals surface area contributed by atoms with E-state index in [0.717, 1.165) is 18.5 Å². The molecular weight excluding hydrogens is 340 g/mol. The Kier molecular flexibility index (Phi) is 5.53. The van der Waals surface area contributed by atoms with Crippen molar-refractivity contribution in [3.8, 4) is 0 Å². The monoisotopic (exact) mass is 370 g/mol. The molecule has 0 saturated heterocycles. The van der Waals surface area contributed by atoms with Crippen LogP contribution in [0.15, 0.2) is 28.1 Å². The number of nitrogens with two attached hydrogens (primary N) is 1. The first-order chi connectivity index (χ1) is 12.9. The smallest absolute Gasteiger partial charge is 0.258 e. The molecule has 0 aromatic carbocycles. The predicted octanol–water partition coefficient (Wildman–Crippen LogP) is 2.69. The fourth-order valence-electron chi connectivity index (χ4n) is 4.44. The Morgan fingerprint density at radius 2 is 2.00 bits per heavy atom. The maximum Gasteiger partial charge on any atom is 0.258 e. The van der Waals surface area contributed by atoms with Crippen molar-refractivity contribution in [2.24, 2.45) is 16.6 Å². The molecule has 1 saturated carbocycles. The summed E-state index contributed by atoms with van der Waals surface area (Å²) in [5.74, 6) is 0.722. The van der Waals surface area contributed by atoms with E-state index in [2.05, 4.69) is 4.99 Å². The number of amides is 1. The van der Waals surface area contributed by atoms with Gasteiger partial charge in [-0.25, -0.2) is 4.99 Å². The van der Waals surface area contributed by atoms with Crippen molar-refractivity contribution in [3.05, 3.63) is 39.8 Å². The van der Waals surface area contributed by atoms with Crippen molar-refractivity contribution < 1.29 is 4.79 Å². The molecule has 3 rings (SSSR count). The van der Waals surface area contributed by atoms with Crippen LogP contribution in [-0.4, -0.2) is 33.9 Å². The third kappa shape index (κ3) is 3.70. The van der Waals surface area contributed by atoms with Crippen LogP contribution in [0.5, 0.6) is 0 Å².